The molecule has 2 unspecified atom stereocenters. The van der Waals surface area contributed by atoms with Gasteiger partial charge in [0.1, 0.15) is 17.0 Å². The number of rotatable bonds is 3. The fourth-order valence-corrected chi connectivity index (χ4v) is 5.65. The molecule has 0 saturated carbocycles. The predicted octanol–water partition coefficient (Wildman–Crippen LogP) is 3.35. The number of aromatic nitrogens is 4. The number of ether oxygens (including phenoxy) is 2. The molecule has 3 aromatic rings. The third-order valence-electron chi connectivity index (χ3n) is 7.21. The monoisotopic (exact) mass is 430 g/mol. The highest BCUT2D eigenvalue weighted by molar-refractivity contribution is 5.94. The van der Waals surface area contributed by atoms with E-state index in [1.807, 2.05) is 12.1 Å². The van der Waals surface area contributed by atoms with Crippen molar-refractivity contribution >= 4 is 16.7 Å². The number of hydrogen-bond donors (Lipinski definition) is 1. The van der Waals surface area contributed by atoms with Crippen LogP contribution in [-0.4, -0.2) is 58.2 Å². The molecule has 3 aliphatic heterocycles. The summed E-state index contributed by atoms with van der Waals surface area (Å²) in [7, 11) is 0. The Balaban J connectivity index is 1.60. The Morgan fingerprint density at radius 1 is 1.22 bits per heavy atom. The van der Waals surface area contributed by atoms with Gasteiger partial charge in [-0.15, -0.1) is 0 Å². The molecule has 0 spiro atoms. The molecule has 1 N–H and O–H groups in total. The summed E-state index contributed by atoms with van der Waals surface area (Å²) in [5, 5.41) is 18.7. The standard InChI is InChI=1S/C24H26N6O2/c1-15-13-31-9-8-30(15)21-10-19(24(14-25)11-16-2-3-17(12-24)32-16)18-4-6-26-23(22(18)28-21)20-5-7-27-29-20/h4-7,10,15-17H,2-3,8-9,11-13H2,1H3,(H,27,29)/t15-,16?,17?,24?/m1/s1. The van der Waals surface area contributed by atoms with Crippen LogP contribution in [-0.2, 0) is 14.9 Å². The second kappa shape index (κ2) is 7.54. The van der Waals surface area contributed by atoms with Gasteiger partial charge in [0.05, 0.1) is 48.6 Å². The SMILES string of the molecule is C[C@@H]1COCCN1c1cc(C2(C#N)CC3CCC(C2)O3)c2ccnc(-c3ccn[nH]3)c2n1. The van der Waals surface area contributed by atoms with E-state index in [1.54, 1.807) is 12.4 Å². The number of H-pyrrole nitrogens is 1. The van der Waals surface area contributed by atoms with Crippen LogP contribution in [0.15, 0.2) is 30.6 Å². The van der Waals surface area contributed by atoms with Crippen LogP contribution in [0, 0.1) is 11.3 Å². The first-order valence-electron chi connectivity index (χ1n) is 11.4. The summed E-state index contributed by atoms with van der Waals surface area (Å²) in [6, 6.07) is 8.99. The zero-order valence-electron chi connectivity index (χ0n) is 18.1. The molecule has 6 heterocycles. The van der Waals surface area contributed by atoms with Gasteiger partial charge in [0.25, 0.3) is 0 Å². The topological polar surface area (TPSA) is 100.0 Å². The maximum atomic E-state index is 10.5. The molecule has 3 aromatic heterocycles. The number of nitriles is 1. The lowest BCUT2D eigenvalue weighted by Gasteiger charge is -2.38. The van der Waals surface area contributed by atoms with E-state index in [9.17, 15) is 5.26 Å². The fraction of sp³-hybridized carbons (Fsp3) is 0.500. The van der Waals surface area contributed by atoms with Crippen molar-refractivity contribution in [2.45, 2.75) is 56.3 Å². The van der Waals surface area contributed by atoms with Crippen LogP contribution in [0.4, 0.5) is 5.82 Å². The third-order valence-corrected chi connectivity index (χ3v) is 7.21. The molecule has 2 bridgehead atoms. The van der Waals surface area contributed by atoms with Gasteiger partial charge >= 0.3 is 0 Å². The molecule has 32 heavy (non-hydrogen) atoms. The zero-order chi connectivity index (χ0) is 21.7. The highest BCUT2D eigenvalue weighted by Gasteiger charge is 2.47. The lowest BCUT2D eigenvalue weighted by Crippen LogP contribution is -2.44. The largest absolute Gasteiger partial charge is 0.377 e. The van der Waals surface area contributed by atoms with Crippen molar-refractivity contribution in [3.05, 3.63) is 36.2 Å². The average molecular weight is 431 g/mol. The van der Waals surface area contributed by atoms with Crippen LogP contribution in [0.3, 0.4) is 0 Å². The summed E-state index contributed by atoms with van der Waals surface area (Å²) in [6.07, 6.45) is 7.33. The van der Waals surface area contributed by atoms with Gasteiger partial charge in [-0.1, -0.05) is 0 Å². The maximum absolute atomic E-state index is 10.5. The summed E-state index contributed by atoms with van der Waals surface area (Å²) < 4.78 is 11.8. The van der Waals surface area contributed by atoms with Gasteiger partial charge in [-0.3, -0.25) is 10.1 Å². The molecule has 0 amide bonds. The van der Waals surface area contributed by atoms with Crippen molar-refractivity contribution in [3.8, 4) is 17.5 Å². The molecular weight excluding hydrogens is 404 g/mol. The minimum absolute atomic E-state index is 0.149. The molecule has 8 nitrogen and oxygen atoms in total. The highest BCUT2D eigenvalue weighted by Crippen LogP contribution is 2.48. The Kier molecular flexibility index (Phi) is 4.63. The Labute approximate surface area is 186 Å². The molecule has 3 fully saturated rings. The van der Waals surface area contributed by atoms with E-state index >= 15 is 0 Å². The van der Waals surface area contributed by atoms with Gasteiger partial charge in [-0.25, -0.2) is 4.98 Å². The quantitative estimate of drug-likeness (QED) is 0.680. The molecule has 3 saturated heterocycles. The molecule has 3 aliphatic rings. The zero-order valence-corrected chi connectivity index (χ0v) is 18.1. The van der Waals surface area contributed by atoms with Crippen LogP contribution in [0.1, 0.15) is 38.2 Å². The predicted molar refractivity (Wildman–Crippen MR) is 119 cm³/mol. The molecule has 0 aromatic carbocycles. The molecule has 0 aliphatic carbocycles. The van der Waals surface area contributed by atoms with Crippen LogP contribution >= 0.6 is 0 Å². The Hall–Kier alpha value is -3.02. The van der Waals surface area contributed by atoms with E-state index in [2.05, 4.69) is 39.1 Å². The molecular formula is C24H26N6O2. The first kappa shape index (κ1) is 19.6. The van der Waals surface area contributed by atoms with Crippen LogP contribution in [0.25, 0.3) is 22.3 Å². The van der Waals surface area contributed by atoms with E-state index < -0.39 is 5.41 Å². The Bertz CT molecular complexity index is 1180. The molecule has 3 atom stereocenters. The third kappa shape index (κ3) is 3.07. The van der Waals surface area contributed by atoms with Crippen molar-refractivity contribution in [1.29, 1.82) is 5.26 Å². The minimum atomic E-state index is -0.595. The number of morpholine rings is 1. The molecule has 6 rings (SSSR count). The van der Waals surface area contributed by atoms with Crippen molar-refractivity contribution in [2.75, 3.05) is 24.7 Å². The first-order chi connectivity index (χ1) is 15.7. The number of fused-ring (bicyclic) bond motifs is 3. The second-order valence-electron chi connectivity index (χ2n) is 9.23. The van der Waals surface area contributed by atoms with E-state index in [4.69, 9.17) is 14.5 Å². The van der Waals surface area contributed by atoms with Crippen LogP contribution in [0.5, 0.6) is 0 Å². The van der Waals surface area contributed by atoms with Crippen LogP contribution in [0.2, 0.25) is 0 Å². The smallest absolute Gasteiger partial charge is 0.130 e. The maximum Gasteiger partial charge on any atom is 0.130 e. The lowest BCUT2D eigenvalue weighted by atomic mass is 9.72. The first-order valence-corrected chi connectivity index (χ1v) is 11.4. The number of anilines is 1. The molecule has 8 heteroatoms. The fourth-order valence-electron chi connectivity index (χ4n) is 5.65. The summed E-state index contributed by atoms with van der Waals surface area (Å²) in [5.74, 6) is 0.880. The van der Waals surface area contributed by atoms with E-state index in [-0.39, 0.29) is 18.2 Å². The molecule has 0 radical (unpaired) electrons. The van der Waals surface area contributed by atoms with Gasteiger partial charge < -0.3 is 14.4 Å². The van der Waals surface area contributed by atoms with E-state index in [1.165, 1.54) is 0 Å². The number of pyridine rings is 2. The van der Waals surface area contributed by atoms with Gasteiger partial charge in [-0.05, 0) is 56.4 Å². The van der Waals surface area contributed by atoms with Crippen molar-refractivity contribution in [2.24, 2.45) is 0 Å². The lowest BCUT2D eigenvalue weighted by molar-refractivity contribution is -0.0181. The van der Waals surface area contributed by atoms with Gasteiger partial charge in [0.15, 0.2) is 0 Å². The second-order valence-corrected chi connectivity index (χ2v) is 9.23. The number of hydrogen-bond acceptors (Lipinski definition) is 7. The number of nitrogens with zero attached hydrogens (tertiary/aromatic N) is 5. The number of nitrogens with one attached hydrogen (secondary N) is 1. The van der Waals surface area contributed by atoms with Gasteiger partial charge in [0.2, 0.25) is 0 Å². The van der Waals surface area contributed by atoms with E-state index in [0.29, 0.717) is 13.2 Å². The van der Waals surface area contributed by atoms with E-state index in [0.717, 1.165) is 65.9 Å². The average Bonchev–Trinajstić information content (AvgIpc) is 3.48. The summed E-state index contributed by atoms with van der Waals surface area (Å²) >= 11 is 0. The van der Waals surface area contributed by atoms with Crippen LogP contribution < -0.4 is 4.90 Å². The minimum Gasteiger partial charge on any atom is -0.377 e. The summed E-state index contributed by atoms with van der Waals surface area (Å²) in [5.41, 5.74) is 2.83. The summed E-state index contributed by atoms with van der Waals surface area (Å²) in [6.45, 7) is 4.25. The van der Waals surface area contributed by atoms with Gasteiger partial charge in [0, 0.05) is 24.3 Å². The Morgan fingerprint density at radius 3 is 2.78 bits per heavy atom. The van der Waals surface area contributed by atoms with Crippen molar-refractivity contribution in [1.82, 2.24) is 20.2 Å². The normalized spacial score (nSPS) is 29.9. The summed E-state index contributed by atoms with van der Waals surface area (Å²) in [4.78, 5) is 12.0. The number of aromatic amines is 1. The van der Waals surface area contributed by atoms with Crippen molar-refractivity contribution < 1.29 is 9.47 Å². The highest BCUT2D eigenvalue weighted by atomic mass is 16.5. The van der Waals surface area contributed by atoms with Gasteiger partial charge in [-0.2, -0.15) is 10.4 Å². The Morgan fingerprint density at radius 2 is 2.06 bits per heavy atom. The molecule has 164 valence electrons. The van der Waals surface area contributed by atoms with Crippen molar-refractivity contribution in [3.63, 3.8) is 0 Å².